The Kier molecular flexibility index (Phi) is 2.93. The molecule has 1 aromatic carbocycles. The molecule has 1 heteroatoms. The summed E-state index contributed by atoms with van der Waals surface area (Å²) < 4.78 is 2.23. The van der Waals surface area contributed by atoms with Gasteiger partial charge in [-0.2, -0.15) is 0 Å². The summed E-state index contributed by atoms with van der Waals surface area (Å²) in [4.78, 5) is 0. The summed E-state index contributed by atoms with van der Waals surface area (Å²) in [6.07, 6.45) is 0. The lowest BCUT2D eigenvalue weighted by Crippen LogP contribution is -1.94. The molecular formula is C16H19N. The van der Waals surface area contributed by atoms with E-state index in [4.69, 9.17) is 0 Å². The van der Waals surface area contributed by atoms with Crippen LogP contribution in [0.25, 0.3) is 16.8 Å². The van der Waals surface area contributed by atoms with Gasteiger partial charge in [0.1, 0.15) is 0 Å². The second-order valence-electron chi connectivity index (χ2n) is 4.73. The maximum Gasteiger partial charge on any atom is 0.0486 e. The molecule has 0 aliphatic rings. The SMILES string of the molecule is C=C(C)c1cc(-c2ccc(C)cc2)n(C)c1C. The summed E-state index contributed by atoms with van der Waals surface area (Å²) in [5.41, 5.74) is 7.45. The molecule has 0 aliphatic carbocycles. The van der Waals surface area contributed by atoms with Crippen LogP contribution in [0.5, 0.6) is 0 Å². The number of allylic oxidation sites excluding steroid dienone is 1. The van der Waals surface area contributed by atoms with Crippen LogP contribution < -0.4 is 0 Å². The first-order valence-electron chi connectivity index (χ1n) is 5.90. The minimum Gasteiger partial charge on any atom is -0.347 e. The average Bonchev–Trinajstić information content (AvgIpc) is 2.58. The van der Waals surface area contributed by atoms with Crippen molar-refractivity contribution in [3.63, 3.8) is 0 Å². The topological polar surface area (TPSA) is 4.93 Å². The molecule has 0 saturated heterocycles. The maximum atomic E-state index is 4.04. The predicted octanol–water partition coefficient (Wildman–Crippen LogP) is 4.34. The van der Waals surface area contributed by atoms with Crippen molar-refractivity contribution in [3.05, 3.63) is 53.7 Å². The third-order valence-corrected chi connectivity index (χ3v) is 3.34. The van der Waals surface area contributed by atoms with Crippen molar-refractivity contribution in [3.8, 4) is 11.3 Å². The number of aryl methyl sites for hydroxylation is 1. The highest BCUT2D eigenvalue weighted by Gasteiger charge is 2.10. The minimum atomic E-state index is 1.12. The smallest absolute Gasteiger partial charge is 0.0486 e. The quantitative estimate of drug-likeness (QED) is 0.716. The first-order chi connectivity index (χ1) is 8.00. The average molecular weight is 225 g/mol. The fourth-order valence-electron chi connectivity index (χ4n) is 2.13. The van der Waals surface area contributed by atoms with Crippen molar-refractivity contribution in [2.45, 2.75) is 20.8 Å². The Balaban J connectivity index is 2.56. The minimum absolute atomic E-state index is 1.12. The summed E-state index contributed by atoms with van der Waals surface area (Å²) in [7, 11) is 2.11. The summed E-state index contributed by atoms with van der Waals surface area (Å²) in [6.45, 7) is 10.3. The molecule has 0 saturated carbocycles. The van der Waals surface area contributed by atoms with Crippen LogP contribution in [0.15, 0.2) is 36.9 Å². The number of hydrogen-bond acceptors (Lipinski definition) is 0. The highest BCUT2D eigenvalue weighted by atomic mass is 15.0. The maximum absolute atomic E-state index is 4.04. The molecule has 1 nitrogen and oxygen atoms in total. The Morgan fingerprint density at radius 2 is 1.71 bits per heavy atom. The highest BCUT2D eigenvalue weighted by Crippen LogP contribution is 2.28. The third kappa shape index (κ3) is 2.05. The van der Waals surface area contributed by atoms with E-state index in [0.29, 0.717) is 0 Å². The molecule has 2 rings (SSSR count). The van der Waals surface area contributed by atoms with Gasteiger partial charge < -0.3 is 4.57 Å². The van der Waals surface area contributed by atoms with Crippen LogP contribution in [0.3, 0.4) is 0 Å². The van der Waals surface area contributed by atoms with Crippen LogP contribution in [-0.4, -0.2) is 4.57 Å². The number of nitrogens with zero attached hydrogens (tertiary/aromatic N) is 1. The lowest BCUT2D eigenvalue weighted by molar-refractivity contribution is 0.888. The normalized spacial score (nSPS) is 10.6. The van der Waals surface area contributed by atoms with E-state index in [1.54, 1.807) is 0 Å². The standard InChI is InChI=1S/C16H19N/c1-11(2)15-10-16(17(5)13(15)4)14-8-6-12(3)7-9-14/h6-10H,1H2,2-5H3. The van der Waals surface area contributed by atoms with E-state index < -0.39 is 0 Å². The zero-order valence-corrected chi connectivity index (χ0v) is 11.0. The highest BCUT2D eigenvalue weighted by molar-refractivity contribution is 5.72. The molecule has 0 fully saturated rings. The Morgan fingerprint density at radius 1 is 1.12 bits per heavy atom. The van der Waals surface area contributed by atoms with Gasteiger partial charge in [0.25, 0.3) is 0 Å². The lowest BCUT2D eigenvalue weighted by atomic mass is 10.1. The van der Waals surface area contributed by atoms with Crippen LogP contribution in [0.1, 0.15) is 23.7 Å². The molecule has 0 atom stereocenters. The molecule has 0 spiro atoms. The van der Waals surface area contributed by atoms with Crippen LogP contribution in [0, 0.1) is 13.8 Å². The monoisotopic (exact) mass is 225 g/mol. The molecule has 1 aromatic heterocycles. The van der Waals surface area contributed by atoms with Gasteiger partial charge in [0.15, 0.2) is 0 Å². The van der Waals surface area contributed by atoms with Gasteiger partial charge in [-0.25, -0.2) is 0 Å². The molecule has 1 heterocycles. The van der Waals surface area contributed by atoms with Gasteiger partial charge in [0.2, 0.25) is 0 Å². The fraction of sp³-hybridized carbons (Fsp3) is 0.250. The van der Waals surface area contributed by atoms with E-state index in [0.717, 1.165) is 5.57 Å². The van der Waals surface area contributed by atoms with Crippen LogP contribution in [-0.2, 0) is 7.05 Å². The van der Waals surface area contributed by atoms with E-state index in [1.807, 2.05) is 0 Å². The van der Waals surface area contributed by atoms with Crippen LogP contribution >= 0.6 is 0 Å². The van der Waals surface area contributed by atoms with E-state index in [9.17, 15) is 0 Å². The lowest BCUT2D eigenvalue weighted by Gasteiger charge is -2.05. The molecule has 0 radical (unpaired) electrons. The Hall–Kier alpha value is -1.76. The van der Waals surface area contributed by atoms with Gasteiger partial charge in [-0.1, -0.05) is 36.4 Å². The zero-order valence-electron chi connectivity index (χ0n) is 11.0. The summed E-state index contributed by atoms with van der Waals surface area (Å²) in [6, 6.07) is 10.9. The molecule has 0 unspecified atom stereocenters. The van der Waals surface area contributed by atoms with E-state index >= 15 is 0 Å². The van der Waals surface area contributed by atoms with Gasteiger partial charge >= 0.3 is 0 Å². The van der Waals surface area contributed by atoms with Gasteiger partial charge in [-0.05, 0) is 43.5 Å². The Bertz CT molecular complexity index is 556. The summed E-state index contributed by atoms with van der Waals surface area (Å²) in [5, 5.41) is 0. The van der Waals surface area contributed by atoms with Crippen molar-refractivity contribution in [2.75, 3.05) is 0 Å². The predicted molar refractivity (Wildman–Crippen MR) is 75.0 cm³/mol. The second-order valence-corrected chi connectivity index (χ2v) is 4.73. The zero-order chi connectivity index (χ0) is 12.6. The van der Waals surface area contributed by atoms with Gasteiger partial charge in [-0.15, -0.1) is 0 Å². The van der Waals surface area contributed by atoms with Crippen molar-refractivity contribution < 1.29 is 0 Å². The molecule has 88 valence electrons. The Morgan fingerprint density at radius 3 is 2.18 bits per heavy atom. The second kappa shape index (κ2) is 4.25. The first-order valence-corrected chi connectivity index (χ1v) is 5.90. The molecular weight excluding hydrogens is 206 g/mol. The Labute approximate surface area is 103 Å². The van der Waals surface area contributed by atoms with Crippen molar-refractivity contribution in [1.29, 1.82) is 0 Å². The summed E-state index contributed by atoms with van der Waals surface area (Å²) >= 11 is 0. The van der Waals surface area contributed by atoms with Gasteiger partial charge in [-0.3, -0.25) is 0 Å². The van der Waals surface area contributed by atoms with E-state index in [1.165, 1.54) is 28.1 Å². The van der Waals surface area contributed by atoms with Crippen molar-refractivity contribution in [1.82, 2.24) is 4.57 Å². The molecule has 0 N–H and O–H groups in total. The molecule has 0 aliphatic heterocycles. The summed E-state index contributed by atoms with van der Waals surface area (Å²) in [5.74, 6) is 0. The van der Waals surface area contributed by atoms with Crippen molar-refractivity contribution in [2.24, 2.45) is 7.05 Å². The number of rotatable bonds is 2. The largest absolute Gasteiger partial charge is 0.347 e. The molecule has 0 bridgehead atoms. The van der Waals surface area contributed by atoms with Gasteiger partial charge in [0, 0.05) is 18.4 Å². The molecule has 17 heavy (non-hydrogen) atoms. The fourth-order valence-corrected chi connectivity index (χ4v) is 2.13. The van der Waals surface area contributed by atoms with Crippen molar-refractivity contribution >= 4 is 5.57 Å². The number of aromatic nitrogens is 1. The van der Waals surface area contributed by atoms with E-state index in [-0.39, 0.29) is 0 Å². The number of benzene rings is 1. The van der Waals surface area contributed by atoms with Crippen LogP contribution in [0.4, 0.5) is 0 Å². The molecule has 2 aromatic rings. The molecule has 0 amide bonds. The van der Waals surface area contributed by atoms with Gasteiger partial charge in [0.05, 0.1) is 0 Å². The third-order valence-electron chi connectivity index (χ3n) is 3.34. The van der Waals surface area contributed by atoms with E-state index in [2.05, 4.69) is 69.3 Å². The van der Waals surface area contributed by atoms with Crippen LogP contribution in [0.2, 0.25) is 0 Å². The number of hydrogen-bond donors (Lipinski definition) is 0. The first kappa shape index (κ1) is 11.7.